The summed E-state index contributed by atoms with van der Waals surface area (Å²) in [5.74, 6) is 0.176. The van der Waals surface area contributed by atoms with Crippen LogP contribution in [0.25, 0.3) is 21.9 Å². The molecular formula is C15H15NO3. The zero-order valence-electron chi connectivity index (χ0n) is 10.8. The van der Waals surface area contributed by atoms with Gasteiger partial charge in [0.15, 0.2) is 0 Å². The lowest BCUT2D eigenvalue weighted by molar-refractivity contribution is 0.0286. The smallest absolute Gasteiger partial charge is 0.137 e. The SMILES string of the molecule is CC(C)c1cc2c(cc1N(O)O)oc1ccccc12. The summed E-state index contributed by atoms with van der Waals surface area (Å²) in [6.07, 6.45) is 0. The van der Waals surface area contributed by atoms with Gasteiger partial charge in [-0.2, -0.15) is 0 Å². The van der Waals surface area contributed by atoms with Crippen LogP contribution >= 0.6 is 0 Å². The minimum Gasteiger partial charge on any atom is -0.456 e. The van der Waals surface area contributed by atoms with E-state index < -0.39 is 0 Å². The largest absolute Gasteiger partial charge is 0.456 e. The molecule has 3 rings (SSSR count). The summed E-state index contributed by atoms with van der Waals surface area (Å²) in [7, 11) is 0. The number of hydrogen-bond donors (Lipinski definition) is 2. The molecule has 19 heavy (non-hydrogen) atoms. The van der Waals surface area contributed by atoms with Gasteiger partial charge in [-0.05, 0) is 23.6 Å². The van der Waals surface area contributed by atoms with E-state index in [-0.39, 0.29) is 11.1 Å². The number of anilines is 1. The number of hydrogen-bond acceptors (Lipinski definition) is 4. The molecular weight excluding hydrogens is 242 g/mol. The van der Waals surface area contributed by atoms with Crippen LogP contribution in [0, 0.1) is 0 Å². The van der Waals surface area contributed by atoms with Gasteiger partial charge in [0, 0.05) is 16.8 Å². The maximum Gasteiger partial charge on any atom is 0.137 e. The fourth-order valence-corrected chi connectivity index (χ4v) is 2.41. The minimum absolute atomic E-state index is 0.155. The highest BCUT2D eigenvalue weighted by Crippen LogP contribution is 2.36. The van der Waals surface area contributed by atoms with Crippen LogP contribution in [0.1, 0.15) is 25.3 Å². The van der Waals surface area contributed by atoms with Crippen molar-refractivity contribution < 1.29 is 14.8 Å². The highest BCUT2D eigenvalue weighted by molar-refractivity contribution is 6.06. The highest BCUT2D eigenvalue weighted by atomic mass is 16.8. The molecule has 0 amide bonds. The lowest BCUT2D eigenvalue weighted by atomic mass is 9.98. The van der Waals surface area contributed by atoms with Gasteiger partial charge in [0.1, 0.15) is 16.9 Å². The second-order valence-electron chi connectivity index (χ2n) is 4.95. The van der Waals surface area contributed by atoms with Crippen LogP contribution in [-0.2, 0) is 0 Å². The molecule has 98 valence electrons. The summed E-state index contributed by atoms with van der Waals surface area (Å²) >= 11 is 0. The molecule has 0 saturated heterocycles. The fraction of sp³-hybridized carbons (Fsp3) is 0.200. The predicted molar refractivity (Wildman–Crippen MR) is 73.9 cm³/mol. The van der Waals surface area contributed by atoms with Gasteiger partial charge >= 0.3 is 0 Å². The summed E-state index contributed by atoms with van der Waals surface area (Å²) in [4.78, 5) is 0. The van der Waals surface area contributed by atoms with Crippen molar-refractivity contribution in [1.82, 2.24) is 0 Å². The molecule has 4 nitrogen and oxygen atoms in total. The molecule has 0 aliphatic rings. The molecule has 0 spiro atoms. The number of rotatable bonds is 2. The van der Waals surface area contributed by atoms with Crippen LogP contribution in [0.15, 0.2) is 40.8 Å². The Balaban J connectivity index is 2.40. The second-order valence-corrected chi connectivity index (χ2v) is 4.95. The van der Waals surface area contributed by atoms with Gasteiger partial charge < -0.3 is 4.42 Å². The Morgan fingerprint density at radius 3 is 2.42 bits per heavy atom. The number of fused-ring (bicyclic) bond motifs is 3. The lowest BCUT2D eigenvalue weighted by Crippen LogP contribution is -2.13. The van der Waals surface area contributed by atoms with E-state index in [1.165, 1.54) is 0 Å². The Labute approximate surface area is 110 Å². The summed E-state index contributed by atoms with van der Waals surface area (Å²) < 4.78 is 5.73. The van der Waals surface area contributed by atoms with Crippen LogP contribution in [0.5, 0.6) is 0 Å². The average molecular weight is 257 g/mol. The first-order valence-corrected chi connectivity index (χ1v) is 6.21. The van der Waals surface area contributed by atoms with Gasteiger partial charge in [-0.3, -0.25) is 10.4 Å². The molecule has 0 aliphatic heterocycles. The Morgan fingerprint density at radius 2 is 1.74 bits per heavy atom. The number of furan rings is 1. The topological polar surface area (TPSA) is 56.8 Å². The van der Waals surface area contributed by atoms with E-state index in [2.05, 4.69) is 0 Å². The van der Waals surface area contributed by atoms with Crippen LogP contribution in [-0.4, -0.2) is 10.4 Å². The number of para-hydroxylation sites is 1. The normalized spacial score (nSPS) is 11.6. The molecule has 1 heterocycles. The third kappa shape index (κ3) is 1.85. The second kappa shape index (κ2) is 4.26. The Bertz CT molecular complexity index is 744. The van der Waals surface area contributed by atoms with E-state index in [1.54, 1.807) is 6.07 Å². The Kier molecular flexibility index (Phi) is 2.69. The van der Waals surface area contributed by atoms with Crippen molar-refractivity contribution >= 4 is 27.6 Å². The molecule has 0 aliphatic carbocycles. The monoisotopic (exact) mass is 257 g/mol. The zero-order valence-corrected chi connectivity index (χ0v) is 10.8. The molecule has 1 aromatic heterocycles. The molecule has 2 aromatic carbocycles. The van der Waals surface area contributed by atoms with Crippen LogP contribution in [0.4, 0.5) is 5.69 Å². The minimum atomic E-state index is 0.155. The summed E-state index contributed by atoms with van der Waals surface area (Å²) in [5.41, 5.74) is 2.66. The first kappa shape index (κ1) is 12.0. The number of nitrogens with zero attached hydrogens (tertiary/aromatic N) is 1. The Morgan fingerprint density at radius 1 is 1.00 bits per heavy atom. The standard InChI is InChI=1S/C15H15NO3/c1-9(2)11-7-12-10-5-3-4-6-14(10)19-15(12)8-13(11)16(17)18/h3-9,17-18H,1-2H3. The average Bonchev–Trinajstić information content (AvgIpc) is 2.74. The van der Waals surface area contributed by atoms with Gasteiger partial charge in [-0.15, -0.1) is 5.23 Å². The fourth-order valence-electron chi connectivity index (χ4n) is 2.41. The maximum absolute atomic E-state index is 9.33. The molecule has 0 radical (unpaired) electrons. The number of benzene rings is 2. The van der Waals surface area contributed by atoms with Crippen molar-refractivity contribution in [3.05, 3.63) is 42.0 Å². The molecule has 0 fully saturated rings. The highest BCUT2D eigenvalue weighted by Gasteiger charge is 2.16. The van der Waals surface area contributed by atoms with E-state index in [9.17, 15) is 10.4 Å². The third-order valence-corrected chi connectivity index (χ3v) is 3.36. The molecule has 3 aromatic rings. The molecule has 0 atom stereocenters. The first-order valence-electron chi connectivity index (χ1n) is 6.21. The van der Waals surface area contributed by atoms with E-state index in [1.807, 2.05) is 44.2 Å². The van der Waals surface area contributed by atoms with Crippen LogP contribution in [0.2, 0.25) is 0 Å². The van der Waals surface area contributed by atoms with E-state index in [0.717, 1.165) is 21.9 Å². The van der Waals surface area contributed by atoms with Crippen LogP contribution < -0.4 is 5.23 Å². The van der Waals surface area contributed by atoms with Crippen molar-refractivity contribution in [2.45, 2.75) is 19.8 Å². The zero-order chi connectivity index (χ0) is 13.6. The molecule has 0 saturated carbocycles. The van der Waals surface area contributed by atoms with E-state index in [0.29, 0.717) is 11.3 Å². The Hall–Kier alpha value is -2.04. The van der Waals surface area contributed by atoms with Gasteiger partial charge in [-0.1, -0.05) is 32.0 Å². The van der Waals surface area contributed by atoms with Crippen LogP contribution in [0.3, 0.4) is 0 Å². The quantitative estimate of drug-likeness (QED) is 0.672. The van der Waals surface area contributed by atoms with Gasteiger partial charge in [-0.25, -0.2) is 0 Å². The molecule has 4 heteroatoms. The molecule has 0 bridgehead atoms. The predicted octanol–water partition coefficient (Wildman–Crippen LogP) is 4.29. The van der Waals surface area contributed by atoms with Crippen molar-refractivity contribution in [2.24, 2.45) is 0 Å². The first-order chi connectivity index (χ1) is 9.08. The lowest BCUT2D eigenvalue weighted by Gasteiger charge is -2.16. The summed E-state index contributed by atoms with van der Waals surface area (Å²) in [6.45, 7) is 4.02. The van der Waals surface area contributed by atoms with Gasteiger partial charge in [0.25, 0.3) is 0 Å². The third-order valence-electron chi connectivity index (χ3n) is 3.36. The van der Waals surface area contributed by atoms with Gasteiger partial charge in [0.05, 0.1) is 0 Å². The van der Waals surface area contributed by atoms with E-state index in [4.69, 9.17) is 4.42 Å². The van der Waals surface area contributed by atoms with Crippen molar-refractivity contribution in [3.63, 3.8) is 0 Å². The van der Waals surface area contributed by atoms with Gasteiger partial charge in [0.2, 0.25) is 0 Å². The molecule has 0 unspecified atom stereocenters. The summed E-state index contributed by atoms with van der Waals surface area (Å²) in [5, 5.41) is 20.9. The van der Waals surface area contributed by atoms with E-state index >= 15 is 0 Å². The van der Waals surface area contributed by atoms with Crippen molar-refractivity contribution in [1.29, 1.82) is 0 Å². The van der Waals surface area contributed by atoms with Crippen molar-refractivity contribution in [2.75, 3.05) is 5.23 Å². The summed E-state index contributed by atoms with van der Waals surface area (Å²) in [6, 6.07) is 11.4. The maximum atomic E-state index is 9.33. The van der Waals surface area contributed by atoms with Crippen molar-refractivity contribution in [3.8, 4) is 0 Å². The molecule has 2 N–H and O–H groups in total.